The molecule has 0 fully saturated rings. The van der Waals surface area contributed by atoms with Crippen LogP contribution in [-0.2, 0) is 0 Å². The maximum absolute atomic E-state index is 6.16. The maximum atomic E-state index is 6.16. The smallest absolute Gasteiger partial charge is 0.0503 e. The minimum Gasteiger partial charge on any atom is -0.354 e. The average molecular weight is 281 g/mol. The number of halogens is 1. The van der Waals surface area contributed by atoms with E-state index in [-0.39, 0.29) is 0 Å². The molecule has 1 N–H and O–H groups in total. The molecule has 0 aliphatic heterocycles. The van der Waals surface area contributed by atoms with Crippen LogP contribution < -0.4 is 0 Å². The average Bonchev–Trinajstić information content (AvgIpc) is 2.84. The number of fused-ring (bicyclic) bond motifs is 4. The molecular formula is C17H13ClN2. The lowest BCUT2D eigenvalue weighted by molar-refractivity contribution is 1.35. The van der Waals surface area contributed by atoms with Crippen molar-refractivity contribution in [3.63, 3.8) is 0 Å². The normalized spacial score (nSPS) is 11.8. The minimum atomic E-state index is 0.765. The highest BCUT2D eigenvalue weighted by Crippen LogP contribution is 2.36. The maximum Gasteiger partial charge on any atom is 0.0503 e. The third-order valence-corrected chi connectivity index (χ3v) is 4.37. The summed E-state index contributed by atoms with van der Waals surface area (Å²) in [4.78, 5) is 7.79. The predicted octanol–water partition coefficient (Wildman–Crippen LogP) is 5.14. The van der Waals surface area contributed by atoms with Crippen molar-refractivity contribution in [2.45, 2.75) is 13.8 Å². The summed E-state index contributed by atoms with van der Waals surface area (Å²) in [6, 6.07) is 8.07. The van der Waals surface area contributed by atoms with E-state index < -0.39 is 0 Å². The summed E-state index contributed by atoms with van der Waals surface area (Å²) in [5.41, 5.74) is 4.83. The molecule has 20 heavy (non-hydrogen) atoms. The van der Waals surface area contributed by atoms with Crippen LogP contribution in [0.1, 0.15) is 11.1 Å². The van der Waals surface area contributed by atoms with E-state index >= 15 is 0 Å². The number of benzene rings is 2. The Bertz CT molecular complexity index is 983. The van der Waals surface area contributed by atoms with Crippen molar-refractivity contribution in [2.75, 3.05) is 0 Å². The number of pyridine rings is 1. The molecular weight excluding hydrogens is 268 g/mol. The fourth-order valence-electron chi connectivity index (χ4n) is 3.12. The molecule has 0 bridgehead atoms. The lowest BCUT2D eigenvalue weighted by Gasteiger charge is -2.08. The van der Waals surface area contributed by atoms with E-state index in [2.05, 4.69) is 29.9 Å². The first kappa shape index (κ1) is 11.7. The van der Waals surface area contributed by atoms with Crippen LogP contribution >= 0.6 is 11.6 Å². The van der Waals surface area contributed by atoms with Crippen LogP contribution in [0, 0.1) is 13.8 Å². The van der Waals surface area contributed by atoms with Gasteiger partial charge in [-0.2, -0.15) is 0 Å². The second kappa shape index (κ2) is 3.97. The van der Waals surface area contributed by atoms with Crippen molar-refractivity contribution in [1.82, 2.24) is 9.97 Å². The van der Waals surface area contributed by atoms with Gasteiger partial charge in [-0.15, -0.1) is 0 Å². The molecule has 0 saturated heterocycles. The van der Waals surface area contributed by atoms with Gasteiger partial charge in [0.15, 0.2) is 0 Å². The van der Waals surface area contributed by atoms with E-state index in [0.29, 0.717) is 0 Å². The molecule has 0 aliphatic carbocycles. The molecule has 3 heteroatoms. The van der Waals surface area contributed by atoms with E-state index in [1.54, 1.807) is 0 Å². The molecule has 2 heterocycles. The van der Waals surface area contributed by atoms with Crippen LogP contribution in [0.4, 0.5) is 0 Å². The third-order valence-electron chi connectivity index (χ3n) is 4.14. The molecule has 0 aliphatic rings. The molecule has 4 rings (SSSR count). The highest BCUT2D eigenvalue weighted by molar-refractivity contribution is 6.32. The van der Waals surface area contributed by atoms with Crippen LogP contribution in [0.3, 0.4) is 0 Å². The fraction of sp³-hybridized carbons (Fsp3) is 0.118. The van der Waals surface area contributed by atoms with Crippen LogP contribution in [0.15, 0.2) is 36.7 Å². The van der Waals surface area contributed by atoms with Gasteiger partial charge in [0.05, 0.1) is 5.52 Å². The molecule has 0 radical (unpaired) electrons. The number of hydrogen-bond acceptors (Lipinski definition) is 1. The van der Waals surface area contributed by atoms with Gasteiger partial charge >= 0.3 is 0 Å². The second-order valence-electron chi connectivity index (χ2n) is 5.24. The van der Waals surface area contributed by atoms with Gasteiger partial charge in [-0.3, -0.25) is 4.98 Å². The number of aryl methyl sites for hydroxylation is 2. The Hall–Kier alpha value is -2.06. The number of hydrogen-bond donors (Lipinski definition) is 1. The SMILES string of the molecule is Cc1c2ccncc2c(C)c2c1[nH]c1ccc(Cl)cc12. The molecule has 0 atom stereocenters. The largest absolute Gasteiger partial charge is 0.354 e. The monoisotopic (exact) mass is 280 g/mol. The fourth-order valence-corrected chi connectivity index (χ4v) is 3.30. The van der Waals surface area contributed by atoms with E-state index in [1.807, 2.05) is 30.6 Å². The summed E-state index contributed by atoms with van der Waals surface area (Å²) in [5, 5.41) is 5.65. The van der Waals surface area contributed by atoms with Crippen LogP contribution in [0.25, 0.3) is 32.6 Å². The van der Waals surface area contributed by atoms with Crippen molar-refractivity contribution >= 4 is 44.2 Å². The van der Waals surface area contributed by atoms with Crippen molar-refractivity contribution in [3.05, 3.63) is 52.8 Å². The van der Waals surface area contributed by atoms with Gasteiger partial charge in [0.1, 0.15) is 0 Å². The molecule has 0 amide bonds. The molecule has 4 aromatic rings. The predicted molar refractivity (Wildman–Crippen MR) is 85.6 cm³/mol. The van der Waals surface area contributed by atoms with E-state index in [1.165, 1.54) is 38.2 Å². The van der Waals surface area contributed by atoms with Crippen molar-refractivity contribution in [3.8, 4) is 0 Å². The molecule has 0 spiro atoms. The molecule has 2 aromatic heterocycles. The zero-order valence-corrected chi connectivity index (χ0v) is 12.0. The summed E-state index contributed by atoms with van der Waals surface area (Å²) in [7, 11) is 0. The van der Waals surface area contributed by atoms with Crippen LogP contribution in [-0.4, -0.2) is 9.97 Å². The van der Waals surface area contributed by atoms with Gasteiger partial charge in [0.2, 0.25) is 0 Å². The Morgan fingerprint density at radius 2 is 1.85 bits per heavy atom. The third kappa shape index (κ3) is 1.43. The van der Waals surface area contributed by atoms with Gasteiger partial charge in [-0.25, -0.2) is 0 Å². The Morgan fingerprint density at radius 3 is 2.70 bits per heavy atom. The lowest BCUT2D eigenvalue weighted by atomic mass is 9.97. The number of nitrogens with zero attached hydrogens (tertiary/aromatic N) is 1. The van der Waals surface area contributed by atoms with E-state index in [0.717, 1.165) is 10.5 Å². The number of aromatic nitrogens is 2. The summed E-state index contributed by atoms with van der Waals surface area (Å²) in [5.74, 6) is 0. The Labute approximate surface area is 121 Å². The number of rotatable bonds is 0. The van der Waals surface area contributed by atoms with E-state index in [9.17, 15) is 0 Å². The summed E-state index contributed by atoms with van der Waals surface area (Å²) >= 11 is 6.16. The Morgan fingerprint density at radius 1 is 1.00 bits per heavy atom. The molecule has 0 unspecified atom stereocenters. The minimum absolute atomic E-state index is 0.765. The molecule has 98 valence electrons. The standard InChI is InChI=1S/C17H13ClN2/c1-9-14-8-19-6-5-12(14)10(2)17-16(9)13-7-11(18)3-4-15(13)20-17/h3-8,20H,1-2H3. The van der Waals surface area contributed by atoms with Gasteiger partial charge in [-0.05, 0) is 54.6 Å². The first-order chi connectivity index (χ1) is 9.66. The highest BCUT2D eigenvalue weighted by atomic mass is 35.5. The van der Waals surface area contributed by atoms with Crippen LogP contribution in [0.5, 0.6) is 0 Å². The Balaban J connectivity index is 2.36. The first-order valence-electron chi connectivity index (χ1n) is 6.60. The molecule has 0 saturated carbocycles. The lowest BCUT2D eigenvalue weighted by Crippen LogP contribution is -1.87. The highest BCUT2D eigenvalue weighted by Gasteiger charge is 2.13. The van der Waals surface area contributed by atoms with Gasteiger partial charge in [0, 0.05) is 39.1 Å². The summed E-state index contributed by atoms with van der Waals surface area (Å²) < 4.78 is 0. The van der Waals surface area contributed by atoms with Gasteiger partial charge in [0.25, 0.3) is 0 Å². The topological polar surface area (TPSA) is 28.7 Å². The number of aromatic amines is 1. The van der Waals surface area contributed by atoms with E-state index in [4.69, 9.17) is 11.6 Å². The van der Waals surface area contributed by atoms with Gasteiger partial charge in [-0.1, -0.05) is 11.6 Å². The molecule has 2 nitrogen and oxygen atoms in total. The number of H-pyrrole nitrogens is 1. The van der Waals surface area contributed by atoms with Crippen molar-refractivity contribution in [1.29, 1.82) is 0 Å². The Kier molecular flexibility index (Phi) is 2.33. The van der Waals surface area contributed by atoms with Gasteiger partial charge < -0.3 is 4.98 Å². The zero-order chi connectivity index (χ0) is 13.9. The first-order valence-corrected chi connectivity index (χ1v) is 6.98. The van der Waals surface area contributed by atoms with Crippen molar-refractivity contribution in [2.24, 2.45) is 0 Å². The quantitative estimate of drug-likeness (QED) is 0.475. The summed E-state index contributed by atoms with van der Waals surface area (Å²) in [6.45, 7) is 4.31. The van der Waals surface area contributed by atoms with Crippen molar-refractivity contribution < 1.29 is 0 Å². The number of nitrogens with one attached hydrogen (secondary N) is 1. The second-order valence-corrected chi connectivity index (χ2v) is 5.67. The molecule has 2 aromatic carbocycles. The summed E-state index contributed by atoms with van der Waals surface area (Å²) in [6.07, 6.45) is 3.79. The zero-order valence-electron chi connectivity index (χ0n) is 11.3. The van der Waals surface area contributed by atoms with Crippen LogP contribution in [0.2, 0.25) is 5.02 Å².